The highest BCUT2D eigenvalue weighted by Gasteiger charge is 2.45. The van der Waals surface area contributed by atoms with Crippen molar-refractivity contribution in [1.82, 2.24) is 5.32 Å². The molecule has 0 radical (unpaired) electrons. The Hall–Kier alpha value is -0.610. The van der Waals surface area contributed by atoms with Crippen LogP contribution in [0.4, 0.5) is 0 Å². The van der Waals surface area contributed by atoms with E-state index >= 15 is 0 Å². The van der Waals surface area contributed by atoms with E-state index in [4.69, 9.17) is 9.47 Å². The average molecular weight is 257 g/mol. The van der Waals surface area contributed by atoms with Crippen LogP contribution in [0.15, 0.2) is 0 Å². The number of esters is 1. The highest BCUT2D eigenvalue weighted by atomic mass is 16.6. The maximum absolute atomic E-state index is 12.2. The molecule has 0 aliphatic carbocycles. The Morgan fingerprint density at radius 3 is 2.67 bits per heavy atom. The fourth-order valence-electron chi connectivity index (χ4n) is 2.30. The zero-order valence-electron chi connectivity index (χ0n) is 12.0. The van der Waals surface area contributed by atoms with Crippen LogP contribution < -0.4 is 5.32 Å². The molecular weight excluding hydrogens is 230 g/mol. The van der Waals surface area contributed by atoms with Gasteiger partial charge in [-0.2, -0.15) is 0 Å². The highest BCUT2D eigenvalue weighted by Crippen LogP contribution is 2.35. The molecule has 0 saturated carbocycles. The van der Waals surface area contributed by atoms with Gasteiger partial charge >= 0.3 is 5.97 Å². The molecule has 1 N–H and O–H groups in total. The Morgan fingerprint density at radius 2 is 2.11 bits per heavy atom. The molecule has 1 saturated heterocycles. The van der Waals surface area contributed by atoms with Crippen LogP contribution >= 0.6 is 0 Å². The summed E-state index contributed by atoms with van der Waals surface area (Å²) >= 11 is 0. The van der Waals surface area contributed by atoms with Crippen molar-refractivity contribution in [2.45, 2.75) is 40.0 Å². The maximum Gasteiger partial charge on any atom is 0.313 e. The molecule has 0 bridgehead atoms. The lowest BCUT2D eigenvalue weighted by atomic mass is 9.76. The minimum Gasteiger partial charge on any atom is -0.463 e. The fourth-order valence-corrected chi connectivity index (χ4v) is 2.30. The molecule has 1 rings (SSSR count). The summed E-state index contributed by atoms with van der Waals surface area (Å²) in [7, 11) is 0. The van der Waals surface area contributed by atoms with Crippen LogP contribution in [0.5, 0.6) is 0 Å². The van der Waals surface area contributed by atoms with Crippen molar-refractivity contribution in [1.29, 1.82) is 0 Å². The van der Waals surface area contributed by atoms with Gasteiger partial charge in [0, 0.05) is 13.2 Å². The van der Waals surface area contributed by atoms with Crippen molar-refractivity contribution in [3.8, 4) is 0 Å². The van der Waals surface area contributed by atoms with Crippen LogP contribution in [0.1, 0.15) is 40.0 Å². The molecule has 4 heteroatoms. The van der Waals surface area contributed by atoms with Gasteiger partial charge < -0.3 is 14.8 Å². The first-order valence-corrected chi connectivity index (χ1v) is 7.09. The number of carbonyl (C=O) groups excluding carboxylic acids is 1. The Balaban J connectivity index is 2.26. The summed E-state index contributed by atoms with van der Waals surface area (Å²) in [5.74, 6) is 0.239. The summed E-state index contributed by atoms with van der Waals surface area (Å²) in [6.07, 6.45) is 3.07. The third kappa shape index (κ3) is 3.95. The van der Waals surface area contributed by atoms with Crippen molar-refractivity contribution >= 4 is 5.97 Å². The Morgan fingerprint density at radius 1 is 1.33 bits per heavy atom. The minimum absolute atomic E-state index is 0.0680. The number of hydrogen-bond donors (Lipinski definition) is 1. The molecule has 0 aromatic heterocycles. The van der Waals surface area contributed by atoms with Gasteiger partial charge in [0.15, 0.2) is 0 Å². The number of nitrogens with one attached hydrogen (secondary N) is 1. The van der Waals surface area contributed by atoms with Crippen LogP contribution in [-0.2, 0) is 14.3 Å². The lowest BCUT2D eigenvalue weighted by molar-refractivity contribution is -0.159. The molecule has 0 aromatic rings. The minimum atomic E-state index is -0.330. The molecule has 0 aromatic carbocycles. The first-order chi connectivity index (χ1) is 8.63. The summed E-state index contributed by atoms with van der Waals surface area (Å²) in [4.78, 5) is 12.2. The monoisotopic (exact) mass is 257 g/mol. The standard InChI is InChI=1S/C14H27NO3/c1-4-5-8-17-9-10-18-13(16)14(12(2)3)6-7-15-11-14/h12,15H,4-11H2,1-3H3. The molecular formula is C14H27NO3. The molecule has 1 atom stereocenters. The lowest BCUT2D eigenvalue weighted by Crippen LogP contribution is -2.40. The van der Waals surface area contributed by atoms with Crippen molar-refractivity contribution in [3.05, 3.63) is 0 Å². The van der Waals surface area contributed by atoms with E-state index in [0.29, 0.717) is 19.1 Å². The van der Waals surface area contributed by atoms with Gasteiger partial charge in [-0.25, -0.2) is 0 Å². The van der Waals surface area contributed by atoms with Crippen LogP contribution in [0.3, 0.4) is 0 Å². The maximum atomic E-state index is 12.2. The Bertz CT molecular complexity index is 247. The molecule has 1 aliphatic heterocycles. The van der Waals surface area contributed by atoms with Gasteiger partial charge in [-0.3, -0.25) is 4.79 Å². The van der Waals surface area contributed by atoms with Gasteiger partial charge in [-0.05, 0) is 25.3 Å². The first-order valence-electron chi connectivity index (χ1n) is 7.09. The number of rotatable bonds is 8. The van der Waals surface area contributed by atoms with Crippen molar-refractivity contribution < 1.29 is 14.3 Å². The van der Waals surface area contributed by atoms with Gasteiger partial charge in [-0.1, -0.05) is 27.2 Å². The predicted molar refractivity (Wildman–Crippen MR) is 71.4 cm³/mol. The van der Waals surface area contributed by atoms with Crippen molar-refractivity contribution in [2.24, 2.45) is 11.3 Å². The van der Waals surface area contributed by atoms with Crippen molar-refractivity contribution in [2.75, 3.05) is 32.9 Å². The van der Waals surface area contributed by atoms with Gasteiger partial charge in [0.05, 0.1) is 12.0 Å². The largest absolute Gasteiger partial charge is 0.463 e. The normalized spacial score (nSPS) is 23.6. The van der Waals surface area contributed by atoms with E-state index in [9.17, 15) is 4.79 Å². The quantitative estimate of drug-likeness (QED) is 0.533. The zero-order chi connectivity index (χ0) is 13.4. The van der Waals surface area contributed by atoms with Crippen LogP contribution in [0.25, 0.3) is 0 Å². The van der Waals surface area contributed by atoms with E-state index in [-0.39, 0.29) is 11.4 Å². The molecule has 1 unspecified atom stereocenters. The van der Waals surface area contributed by atoms with E-state index < -0.39 is 0 Å². The Labute approximate surface area is 110 Å². The van der Waals surface area contributed by atoms with Crippen LogP contribution in [0.2, 0.25) is 0 Å². The number of hydrogen-bond acceptors (Lipinski definition) is 4. The Kier molecular flexibility index (Phi) is 6.65. The van der Waals surface area contributed by atoms with Crippen LogP contribution in [-0.4, -0.2) is 38.9 Å². The highest BCUT2D eigenvalue weighted by molar-refractivity contribution is 5.78. The summed E-state index contributed by atoms with van der Waals surface area (Å²) in [6, 6.07) is 0. The molecule has 0 amide bonds. The second-order valence-electron chi connectivity index (χ2n) is 5.34. The molecule has 1 aliphatic rings. The van der Waals surface area contributed by atoms with Gasteiger partial charge in [0.25, 0.3) is 0 Å². The van der Waals surface area contributed by atoms with Crippen LogP contribution in [0, 0.1) is 11.3 Å². The summed E-state index contributed by atoms with van der Waals surface area (Å²) in [5.41, 5.74) is -0.330. The predicted octanol–water partition coefficient (Wildman–Crippen LogP) is 1.98. The molecule has 106 valence electrons. The zero-order valence-corrected chi connectivity index (χ0v) is 12.0. The summed E-state index contributed by atoms with van der Waals surface area (Å²) in [5, 5.41) is 3.26. The molecule has 4 nitrogen and oxygen atoms in total. The molecule has 18 heavy (non-hydrogen) atoms. The van der Waals surface area contributed by atoms with Gasteiger partial charge in [-0.15, -0.1) is 0 Å². The third-order valence-corrected chi connectivity index (χ3v) is 3.80. The van der Waals surface area contributed by atoms with E-state index in [0.717, 1.165) is 39.0 Å². The van der Waals surface area contributed by atoms with Gasteiger partial charge in [0.2, 0.25) is 0 Å². The van der Waals surface area contributed by atoms with E-state index in [1.54, 1.807) is 0 Å². The van der Waals surface area contributed by atoms with E-state index in [1.165, 1.54) is 0 Å². The molecule has 0 spiro atoms. The first kappa shape index (κ1) is 15.4. The van der Waals surface area contributed by atoms with E-state index in [2.05, 4.69) is 26.1 Å². The molecule has 1 fully saturated rings. The second-order valence-corrected chi connectivity index (χ2v) is 5.34. The third-order valence-electron chi connectivity index (χ3n) is 3.80. The van der Waals surface area contributed by atoms with Gasteiger partial charge in [0.1, 0.15) is 6.61 Å². The number of carbonyl (C=O) groups is 1. The topological polar surface area (TPSA) is 47.6 Å². The number of ether oxygens (including phenoxy) is 2. The summed E-state index contributed by atoms with van der Waals surface area (Å²) in [6.45, 7) is 9.58. The number of unbranched alkanes of at least 4 members (excludes halogenated alkanes) is 1. The second kappa shape index (κ2) is 7.74. The average Bonchev–Trinajstić information content (AvgIpc) is 2.84. The smallest absolute Gasteiger partial charge is 0.313 e. The van der Waals surface area contributed by atoms with Crippen molar-refractivity contribution in [3.63, 3.8) is 0 Å². The SMILES string of the molecule is CCCCOCCOC(=O)C1(C(C)C)CCNC1. The summed E-state index contributed by atoms with van der Waals surface area (Å²) < 4.78 is 10.8. The lowest BCUT2D eigenvalue weighted by Gasteiger charge is -2.29. The molecule has 1 heterocycles. The fraction of sp³-hybridized carbons (Fsp3) is 0.929. The van der Waals surface area contributed by atoms with E-state index in [1.807, 2.05) is 0 Å².